The van der Waals surface area contributed by atoms with Crippen molar-refractivity contribution in [2.45, 2.75) is 104 Å². The zero-order chi connectivity index (χ0) is 28.7. The molecule has 0 spiro atoms. The van der Waals surface area contributed by atoms with Crippen LogP contribution in [0.5, 0.6) is 5.75 Å². The van der Waals surface area contributed by atoms with Crippen LogP contribution in [0.15, 0.2) is 65.0 Å². The molecule has 0 aliphatic heterocycles. The van der Waals surface area contributed by atoms with Crippen LogP contribution in [0.4, 0.5) is 0 Å². The maximum Gasteiger partial charge on any atom is 0.197 e. The molecule has 0 unspecified atom stereocenters. The molecule has 5 heteroatoms. The lowest BCUT2D eigenvalue weighted by atomic mass is 9.44. The van der Waals surface area contributed by atoms with E-state index < -0.39 is 40.0 Å². The number of aliphatic hydroxyl groups excluding tert-OH is 2. The number of aliphatic hydroxyl groups is 3. The number of carbonyl (C=O) groups is 1. The van der Waals surface area contributed by atoms with Crippen molar-refractivity contribution in [2.75, 3.05) is 0 Å². The molecule has 0 bridgehead atoms. The fraction of sp³-hybridized carbons (Fsp3) is 0.559. The molecule has 4 N–H and O–H groups in total. The number of phenolic OH excluding ortho intramolecular Hbond substituents is 1. The zero-order valence-corrected chi connectivity index (χ0v) is 24.2. The fourth-order valence-electron chi connectivity index (χ4n) is 8.93. The third-order valence-electron chi connectivity index (χ3n) is 11.4. The summed E-state index contributed by atoms with van der Waals surface area (Å²) in [5, 5.41) is 47.3. The molecule has 210 valence electrons. The number of benzene rings is 1. The van der Waals surface area contributed by atoms with Crippen LogP contribution in [0.3, 0.4) is 0 Å². The summed E-state index contributed by atoms with van der Waals surface area (Å²) in [5.74, 6) is -1.61. The molecule has 0 aromatic heterocycles. The Hall–Kier alpha value is -2.63. The highest BCUT2D eigenvalue weighted by atomic mass is 16.3. The first kappa shape index (κ1) is 27.9. The molecule has 5 atom stereocenters. The lowest BCUT2D eigenvalue weighted by Crippen LogP contribution is -2.67. The number of hydrogen-bond acceptors (Lipinski definition) is 5. The van der Waals surface area contributed by atoms with Gasteiger partial charge in [0.25, 0.3) is 0 Å². The molecule has 5 nitrogen and oxygen atoms in total. The van der Waals surface area contributed by atoms with Crippen LogP contribution in [-0.4, -0.2) is 37.9 Å². The van der Waals surface area contributed by atoms with E-state index >= 15 is 0 Å². The fourth-order valence-corrected chi connectivity index (χ4v) is 8.93. The number of hydrogen-bond donors (Lipinski definition) is 4. The summed E-state index contributed by atoms with van der Waals surface area (Å²) in [5.41, 5.74) is -0.720. The molecule has 0 heterocycles. The maximum absolute atomic E-state index is 14.0. The number of fused-ring (bicyclic) bond motifs is 3. The first-order valence-corrected chi connectivity index (χ1v) is 14.5. The Morgan fingerprint density at radius 1 is 1.13 bits per heavy atom. The third-order valence-corrected chi connectivity index (χ3v) is 11.4. The van der Waals surface area contributed by atoms with E-state index in [1.807, 2.05) is 13.8 Å². The highest BCUT2D eigenvalue weighted by Crippen LogP contribution is 2.67. The van der Waals surface area contributed by atoms with Gasteiger partial charge in [0.15, 0.2) is 11.4 Å². The minimum atomic E-state index is -2.07. The Morgan fingerprint density at radius 2 is 1.77 bits per heavy atom. The van der Waals surface area contributed by atoms with E-state index in [9.17, 15) is 25.2 Å². The standard InChI is InChI=1S/C34H44O5/c1-8-33(15-10-9-11-16-33)18-20(3)25-19(2)17-31(6)30(38)32(7)21(4)23-13-12-14-24(35)26(23)28(36)27(32)29(37)34(31,39)22(25)5/h12-14,21,30,35,37-39H,3,5,8-11,15-18H2,1-2,4,6-7H3/t21-,30+,31+,32+,34+/m1/s1. The van der Waals surface area contributed by atoms with Crippen LogP contribution in [-0.2, 0) is 0 Å². The van der Waals surface area contributed by atoms with Crippen LogP contribution in [0, 0.1) is 16.2 Å². The van der Waals surface area contributed by atoms with Crippen molar-refractivity contribution < 1.29 is 25.2 Å². The molecule has 39 heavy (non-hydrogen) atoms. The zero-order valence-electron chi connectivity index (χ0n) is 24.2. The summed E-state index contributed by atoms with van der Waals surface area (Å²) in [6, 6.07) is 4.92. The van der Waals surface area contributed by atoms with Gasteiger partial charge in [-0.15, -0.1) is 0 Å². The highest BCUT2D eigenvalue weighted by molar-refractivity contribution is 6.14. The van der Waals surface area contributed by atoms with E-state index in [-0.39, 0.29) is 27.9 Å². The van der Waals surface area contributed by atoms with E-state index in [1.54, 1.807) is 26.0 Å². The van der Waals surface area contributed by atoms with Crippen molar-refractivity contribution in [3.63, 3.8) is 0 Å². The Labute approximate surface area is 232 Å². The molecule has 1 aromatic carbocycles. The van der Waals surface area contributed by atoms with Crippen molar-refractivity contribution in [2.24, 2.45) is 16.2 Å². The highest BCUT2D eigenvalue weighted by Gasteiger charge is 2.70. The quantitative estimate of drug-likeness (QED) is 0.329. The van der Waals surface area contributed by atoms with Gasteiger partial charge in [0.1, 0.15) is 11.5 Å². The number of ketones is 1. The Balaban J connectivity index is 1.67. The van der Waals surface area contributed by atoms with Crippen LogP contribution < -0.4 is 0 Å². The molecule has 1 aromatic rings. The molecule has 1 saturated carbocycles. The van der Waals surface area contributed by atoms with Crippen LogP contribution >= 0.6 is 0 Å². The van der Waals surface area contributed by atoms with Gasteiger partial charge in [-0.1, -0.05) is 84.2 Å². The molecule has 1 fully saturated rings. The topological polar surface area (TPSA) is 98.0 Å². The predicted octanol–water partition coefficient (Wildman–Crippen LogP) is 7.21. The van der Waals surface area contributed by atoms with Gasteiger partial charge in [-0.25, -0.2) is 0 Å². The first-order valence-electron chi connectivity index (χ1n) is 14.5. The molecule has 0 saturated heterocycles. The Morgan fingerprint density at radius 3 is 2.38 bits per heavy atom. The van der Waals surface area contributed by atoms with Gasteiger partial charge >= 0.3 is 0 Å². The lowest BCUT2D eigenvalue weighted by Gasteiger charge is -2.62. The normalized spacial score (nSPS) is 35.9. The largest absolute Gasteiger partial charge is 0.508 e. The van der Waals surface area contributed by atoms with Crippen molar-refractivity contribution >= 4 is 5.78 Å². The number of rotatable bonds is 4. The number of Topliss-reactive ketones (excluding diaryl/α,β-unsaturated/α-hetero) is 1. The van der Waals surface area contributed by atoms with Crippen molar-refractivity contribution in [1.82, 2.24) is 0 Å². The van der Waals surface area contributed by atoms with Gasteiger partial charge < -0.3 is 20.4 Å². The molecule has 5 rings (SSSR count). The van der Waals surface area contributed by atoms with Gasteiger partial charge in [-0.2, -0.15) is 0 Å². The number of carbonyl (C=O) groups excluding carboxylic acids is 1. The summed E-state index contributed by atoms with van der Waals surface area (Å²) < 4.78 is 0. The van der Waals surface area contributed by atoms with E-state index in [1.165, 1.54) is 25.3 Å². The second kappa shape index (κ2) is 8.94. The van der Waals surface area contributed by atoms with Gasteiger partial charge in [0.2, 0.25) is 0 Å². The van der Waals surface area contributed by atoms with E-state index in [2.05, 4.69) is 20.1 Å². The SMILES string of the molecule is C=C(CC1(CC)CCCCC1)C1=C(C)C[C@@]2(C)[C@H](O)[C@]3(C)C(=C(O)[C@@]2(O)C1=C)C(=O)c1c(O)cccc1[C@H]3C. The third kappa shape index (κ3) is 3.42. The van der Waals surface area contributed by atoms with E-state index in [0.717, 1.165) is 42.4 Å². The smallest absolute Gasteiger partial charge is 0.197 e. The summed E-state index contributed by atoms with van der Waals surface area (Å²) >= 11 is 0. The minimum absolute atomic E-state index is 0.0422. The van der Waals surface area contributed by atoms with Crippen LogP contribution in [0.2, 0.25) is 0 Å². The van der Waals surface area contributed by atoms with Crippen molar-refractivity contribution in [3.05, 3.63) is 76.1 Å². The Bertz CT molecular complexity index is 1340. The molecule has 4 aliphatic rings. The molecule has 4 aliphatic carbocycles. The number of phenols is 1. The molecule has 0 amide bonds. The van der Waals surface area contributed by atoms with Gasteiger partial charge in [0, 0.05) is 10.8 Å². The van der Waals surface area contributed by atoms with Gasteiger partial charge in [-0.3, -0.25) is 4.79 Å². The second-order valence-electron chi connectivity index (χ2n) is 13.3. The summed E-state index contributed by atoms with van der Waals surface area (Å²) in [6.07, 6.45) is 6.92. The van der Waals surface area contributed by atoms with E-state index in [4.69, 9.17) is 0 Å². The average molecular weight is 533 g/mol. The van der Waals surface area contributed by atoms with E-state index in [0.29, 0.717) is 12.0 Å². The summed E-state index contributed by atoms with van der Waals surface area (Å²) in [6.45, 7) is 18.5. The summed E-state index contributed by atoms with van der Waals surface area (Å²) in [7, 11) is 0. The molecular formula is C34H44O5. The van der Waals surface area contributed by atoms with Crippen LogP contribution in [0.25, 0.3) is 0 Å². The monoisotopic (exact) mass is 532 g/mol. The minimum Gasteiger partial charge on any atom is -0.508 e. The second-order valence-corrected chi connectivity index (χ2v) is 13.3. The summed E-state index contributed by atoms with van der Waals surface area (Å²) in [4.78, 5) is 14.0. The molecular weight excluding hydrogens is 488 g/mol. The lowest BCUT2D eigenvalue weighted by molar-refractivity contribution is -0.165. The molecule has 0 radical (unpaired) electrons. The first-order chi connectivity index (χ1) is 18.2. The van der Waals surface area contributed by atoms with Crippen molar-refractivity contribution in [1.29, 1.82) is 0 Å². The maximum atomic E-state index is 14.0. The number of aromatic hydroxyl groups is 1. The van der Waals surface area contributed by atoms with Gasteiger partial charge in [-0.05, 0) is 72.3 Å². The van der Waals surface area contributed by atoms with Crippen molar-refractivity contribution in [3.8, 4) is 5.75 Å². The van der Waals surface area contributed by atoms with Gasteiger partial charge in [0.05, 0.1) is 17.2 Å². The van der Waals surface area contributed by atoms with Crippen LogP contribution in [0.1, 0.15) is 108 Å². The average Bonchev–Trinajstić information content (AvgIpc) is 2.89. The predicted molar refractivity (Wildman–Crippen MR) is 154 cm³/mol. The Kier molecular flexibility index (Phi) is 6.40. The number of allylic oxidation sites excluding steroid dienone is 2.